The minimum absolute atomic E-state index is 0.275. The molecule has 7 nitrogen and oxygen atoms in total. The summed E-state index contributed by atoms with van der Waals surface area (Å²) in [4.78, 5) is 29.6. The van der Waals surface area contributed by atoms with Crippen molar-refractivity contribution in [3.63, 3.8) is 0 Å². The highest BCUT2D eigenvalue weighted by molar-refractivity contribution is 7.19. The van der Waals surface area contributed by atoms with Crippen LogP contribution in [0.3, 0.4) is 0 Å². The Kier molecular flexibility index (Phi) is 4.32. The third-order valence-corrected chi connectivity index (χ3v) is 5.47. The van der Waals surface area contributed by atoms with Gasteiger partial charge in [-0.25, -0.2) is 9.78 Å². The van der Waals surface area contributed by atoms with Crippen molar-refractivity contribution in [2.75, 3.05) is 5.32 Å². The van der Waals surface area contributed by atoms with Gasteiger partial charge in [0, 0.05) is 23.1 Å². The maximum absolute atomic E-state index is 12.7. The van der Waals surface area contributed by atoms with Gasteiger partial charge in [-0.1, -0.05) is 41.7 Å². The summed E-state index contributed by atoms with van der Waals surface area (Å²) in [5.74, 6) is -1.99. The van der Waals surface area contributed by atoms with Gasteiger partial charge in [-0.3, -0.25) is 9.20 Å². The summed E-state index contributed by atoms with van der Waals surface area (Å²) in [6.07, 6.45) is 1.89. The van der Waals surface area contributed by atoms with Gasteiger partial charge in [0.15, 0.2) is 4.96 Å². The number of carbonyl (C=O) groups is 2. The van der Waals surface area contributed by atoms with Gasteiger partial charge in [0.2, 0.25) is 0 Å². The van der Waals surface area contributed by atoms with E-state index in [1.54, 1.807) is 0 Å². The summed E-state index contributed by atoms with van der Waals surface area (Å²) in [5, 5.41) is 21.4. The molecule has 140 valence electrons. The van der Waals surface area contributed by atoms with E-state index in [0.29, 0.717) is 9.84 Å². The summed E-state index contributed by atoms with van der Waals surface area (Å²) in [7, 11) is 0. The first-order valence-electron chi connectivity index (χ1n) is 8.35. The molecule has 8 heteroatoms. The topological polar surface area (TPSA) is 104 Å². The average Bonchev–Trinajstić information content (AvgIpc) is 3.23. The van der Waals surface area contributed by atoms with Crippen molar-refractivity contribution in [1.29, 1.82) is 0 Å². The zero-order valence-corrected chi connectivity index (χ0v) is 15.5. The van der Waals surface area contributed by atoms with Crippen LogP contribution in [-0.2, 0) is 0 Å². The number of phenols is 1. The lowest BCUT2D eigenvalue weighted by molar-refractivity contribution is 0.0693. The Labute approximate surface area is 163 Å². The molecule has 0 aliphatic rings. The predicted molar refractivity (Wildman–Crippen MR) is 106 cm³/mol. The van der Waals surface area contributed by atoms with Crippen LogP contribution >= 0.6 is 11.3 Å². The Hall–Kier alpha value is -3.65. The summed E-state index contributed by atoms with van der Waals surface area (Å²) < 4.78 is 1.86. The van der Waals surface area contributed by atoms with Gasteiger partial charge in [-0.2, -0.15) is 0 Å². The molecule has 0 radical (unpaired) electrons. The molecule has 1 amide bonds. The largest absolute Gasteiger partial charge is 0.507 e. The molecule has 0 aliphatic heterocycles. The van der Waals surface area contributed by atoms with E-state index in [0.717, 1.165) is 17.0 Å². The third-order valence-electron chi connectivity index (χ3n) is 4.32. The van der Waals surface area contributed by atoms with Crippen LogP contribution < -0.4 is 5.32 Å². The summed E-state index contributed by atoms with van der Waals surface area (Å²) in [6, 6.07) is 13.7. The quantitative estimate of drug-likeness (QED) is 0.454. The van der Waals surface area contributed by atoms with E-state index in [-0.39, 0.29) is 22.9 Å². The second-order valence-corrected chi connectivity index (χ2v) is 7.13. The van der Waals surface area contributed by atoms with Crippen molar-refractivity contribution in [3.05, 3.63) is 70.9 Å². The number of hydrogen-bond donors (Lipinski definition) is 3. The monoisotopic (exact) mass is 393 g/mol. The van der Waals surface area contributed by atoms with E-state index < -0.39 is 5.97 Å². The van der Waals surface area contributed by atoms with E-state index in [1.165, 1.54) is 29.5 Å². The van der Waals surface area contributed by atoms with E-state index in [2.05, 4.69) is 10.3 Å². The molecule has 3 N–H and O–H groups in total. The minimum Gasteiger partial charge on any atom is -0.507 e. The van der Waals surface area contributed by atoms with Gasteiger partial charge in [0.25, 0.3) is 5.91 Å². The van der Waals surface area contributed by atoms with Crippen LogP contribution in [0.4, 0.5) is 5.69 Å². The predicted octanol–water partition coefficient (Wildman–Crippen LogP) is 4.03. The highest BCUT2D eigenvalue weighted by atomic mass is 32.1. The van der Waals surface area contributed by atoms with Crippen LogP contribution in [0.2, 0.25) is 0 Å². The van der Waals surface area contributed by atoms with Gasteiger partial charge in [0.1, 0.15) is 16.2 Å². The number of carboxylic acids is 1. The number of carbonyl (C=O) groups excluding carboxylic acids is 1. The highest BCUT2D eigenvalue weighted by Crippen LogP contribution is 2.28. The SMILES string of the molecule is Cc1c(C(=O)Nc2ccc(O)c(C(=O)O)c2)sc2nc(-c3ccccc3)cn12. The van der Waals surface area contributed by atoms with Gasteiger partial charge >= 0.3 is 5.97 Å². The number of nitrogens with zero attached hydrogens (tertiary/aromatic N) is 2. The summed E-state index contributed by atoms with van der Waals surface area (Å²) in [5.41, 5.74) is 2.57. The zero-order valence-electron chi connectivity index (χ0n) is 14.7. The number of amides is 1. The van der Waals surface area contributed by atoms with Crippen LogP contribution in [0.25, 0.3) is 16.2 Å². The number of aromatic hydroxyl groups is 1. The first-order valence-corrected chi connectivity index (χ1v) is 9.17. The number of nitrogens with one attached hydrogen (secondary N) is 1. The number of rotatable bonds is 4. The Morgan fingerprint density at radius 1 is 1.14 bits per heavy atom. The van der Waals surface area contributed by atoms with Crippen LogP contribution in [-0.4, -0.2) is 31.5 Å². The molecule has 0 saturated heterocycles. The highest BCUT2D eigenvalue weighted by Gasteiger charge is 2.19. The maximum Gasteiger partial charge on any atom is 0.339 e. The zero-order chi connectivity index (χ0) is 19.8. The molecular formula is C20H15N3O4S. The lowest BCUT2D eigenvalue weighted by Crippen LogP contribution is -2.12. The molecule has 0 fully saturated rings. The van der Waals surface area contributed by atoms with Gasteiger partial charge in [-0.05, 0) is 25.1 Å². The molecule has 0 aliphatic carbocycles. The maximum atomic E-state index is 12.7. The van der Waals surface area contributed by atoms with Crippen molar-refractivity contribution >= 4 is 33.9 Å². The van der Waals surface area contributed by atoms with Gasteiger partial charge in [0.05, 0.1) is 5.69 Å². The number of thiazole rings is 1. The molecule has 0 atom stereocenters. The Bertz CT molecular complexity index is 1210. The first-order chi connectivity index (χ1) is 13.4. The van der Waals surface area contributed by atoms with E-state index in [4.69, 9.17) is 5.11 Å². The number of fused-ring (bicyclic) bond motifs is 1. The van der Waals surface area contributed by atoms with Crippen molar-refractivity contribution in [1.82, 2.24) is 9.38 Å². The molecule has 2 heterocycles. The van der Waals surface area contributed by atoms with E-state index in [1.807, 2.05) is 47.9 Å². The molecule has 0 saturated carbocycles. The standard InChI is InChI=1S/C20H15N3O4S/c1-11-17(18(25)21-13-7-8-16(24)14(9-13)19(26)27)28-20-22-15(10-23(11)20)12-5-3-2-4-6-12/h2-10,24H,1H3,(H,21,25)(H,26,27). The Balaban J connectivity index is 1.63. The molecule has 4 rings (SSSR count). The number of imidazole rings is 1. The molecule has 2 aromatic heterocycles. The van der Waals surface area contributed by atoms with Crippen molar-refractivity contribution < 1.29 is 19.8 Å². The van der Waals surface area contributed by atoms with E-state index in [9.17, 15) is 14.7 Å². The molecular weight excluding hydrogens is 378 g/mol. The summed E-state index contributed by atoms with van der Waals surface area (Å²) in [6.45, 7) is 1.83. The van der Waals surface area contributed by atoms with Gasteiger partial charge in [-0.15, -0.1) is 0 Å². The fourth-order valence-corrected chi connectivity index (χ4v) is 3.89. The summed E-state index contributed by atoms with van der Waals surface area (Å²) >= 11 is 1.25. The fourth-order valence-electron chi connectivity index (χ4n) is 2.88. The number of aromatic nitrogens is 2. The minimum atomic E-state index is -1.27. The first kappa shape index (κ1) is 17.7. The lowest BCUT2D eigenvalue weighted by Gasteiger charge is -2.06. The van der Waals surface area contributed by atoms with Crippen LogP contribution in [0.15, 0.2) is 54.7 Å². The average molecular weight is 393 g/mol. The fraction of sp³-hybridized carbons (Fsp3) is 0.0500. The molecule has 2 aromatic carbocycles. The number of benzene rings is 2. The number of hydrogen-bond acceptors (Lipinski definition) is 5. The Morgan fingerprint density at radius 3 is 2.57 bits per heavy atom. The lowest BCUT2D eigenvalue weighted by atomic mass is 10.1. The molecule has 0 unspecified atom stereocenters. The second-order valence-electron chi connectivity index (χ2n) is 6.15. The van der Waals surface area contributed by atoms with Crippen molar-refractivity contribution in [2.24, 2.45) is 0 Å². The molecule has 4 aromatic rings. The number of aromatic carboxylic acids is 1. The van der Waals surface area contributed by atoms with Crippen molar-refractivity contribution in [3.8, 4) is 17.0 Å². The Morgan fingerprint density at radius 2 is 1.89 bits per heavy atom. The van der Waals surface area contributed by atoms with Gasteiger partial charge < -0.3 is 15.5 Å². The number of anilines is 1. The molecule has 0 spiro atoms. The van der Waals surface area contributed by atoms with Crippen LogP contribution in [0.5, 0.6) is 5.75 Å². The van der Waals surface area contributed by atoms with Crippen LogP contribution in [0, 0.1) is 6.92 Å². The molecule has 0 bridgehead atoms. The number of carboxylic acid groups (broad SMARTS) is 1. The number of aryl methyl sites for hydroxylation is 1. The van der Waals surface area contributed by atoms with E-state index >= 15 is 0 Å². The second kappa shape index (κ2) is 6.82. The normalized spacial score (nSPS) is 10.9. The van der Waals surface area contributed by atoms with Crippen molar-refractivity contribution in [2.45, 2.75) is 6.92 Å². The van der Waals surface area contributed by atoms with Crippen LogP contribution in [0.1, 0.15) is 25.7 Å². The molecule has 28 heavy (non-hydrogen) atoms. The smallest absolute Gasteiger partial charge is 0.339 e. The third kappa shape index (κ3) is 3.10.